The van der Waals surface area contributed by atoms with Crippen LogP contribution in [0.15, 0.2) is 46.9 Å². The Labute approximate surface area is 167 Å². The summed E-state index contributed by atoms with van der Waals surface area (Å²) < 4.78 is 6.20. The van der Waals surface area contributed by atoms with Crippen LogP contribution in [0, 0.1) is 0 Å². The van der Waals surface area contributed by atoms with Gasteiger partial charge in [-0.25, -0.2) is 0 Å². The van der Waals surface area contributed by atoms with Gasteiger partial charge in [-0.2, -0.15) is 0 Å². The van der Waals surface area contributed by atoms with Crippen molar-refractivity contribution >= 4 is 33.4 Å². The van der Waals surface area contributed by atoms with Crippen molar-refractivity contribution in [3.05, 3.63) is 58.1 Å². The second-order valence-electron chi connectivity index (χ2n) is 6.43. The molecule has 3 rings (SSSR count). The van der Waals surface area contributed by atoms with Crippen molar-refractivity contribution < 1.29 is 14.3 Å². The van der Waals surface area contributed by atoms with Gasteiger partial charge >= 0.3 is 0 Å². The quantitative estimate of drug-likeness (QED) is 0.745. The number of amides is 2. The topological polar surface area (TPSA) is 58.6 Å². The monoisotopic (exact) mass is 430 g/mol. The Kier molecular flexibility index (Phi) is 6.50. The zero-order chi connectivity index (χ0) is 19.2. The molecule has 1 saturated heterocycles. The molecule has 0 bridgehead atoms. The van der Waals surface area contributed by atoms with Crippen molar-refractivity contribution in [2.75, 3.05) is 25.0 Å². The summed E-state index contributed by atoms with van der Waals surface area (Å²) in [6, 6.07) is 12.3. The number of halogens is 1. The first kappa shape index (κ1) is 19.4. The molecule has 1 N–H and O–H groups in total. The Morgan fingerprint density at radius 3 is 2.56 bits per heavy atom. The third-order valence-electron chi connectivity index (χ3n) is 4.54. The van der Waals surface area contributed by atoms with Gasteiger partial charge in [-0.05, 0) is 72.4 Å². The fourth-order valence-electron chi connectivity index (χ4n) is 3.16. The second-order valence-corrected chi connectivity index (χ2v) is 7.29. The number of carbonyl (C=O) groups excluding carboxylic acids is 2. The molecule has 0 radical (unpaired) electrons. The van der Waals surface area contributed by atoms with Gasteiger partial charge in [0.1, 0.15) is 5.75 Å². The molecule has 0 unspecified atom stereocenters. The maximum atomic E-state index is 12.9. The van der Waals surface area contributed by atoms with Crippen molar-refractivity contribution in [1.82, 2.24) is 4.90 Å². The standard InChI is InChI=1S/C21H23BrN2O3/c1-2-27-19-11-10-15(14-17(19)22)20(25)23-18-9-5-4-8-16(18)21(26)24-12-6-3-7-13-24/h4-5,8-11,14H,2-3,6-7,12-13H2,1H3,(H,23,25). The maximum absolute atomic E-state index is 12.9. The molecule has 2 aromatic rings. The van der Waals surface area contributed by atoms with Crippen molar-refractivity contribution in [3.63, 3.8) is 0 Å². The summed E-state index contributed by atoms with van der Waals surface area (Å²) in [6.07, 6.45) is 3.22. The second kappa shape index (κ2) is 9.04. The van der Waals surface area contributed by atoms with Gasteiger partial charge in [0.25, 0.3) is 11.8 Å². The van der Waals surface area contributed by atoms with E-state index in [0.717, 1.165) is 36.8 Å². The highest BCUT2D eigenvalue weighted by molar-refractivity contribution is 9.10. The average molecular weight is 431 g/mol. The molecular weight excluding hydrogens is 408 g/mol. The fraction of sp³-hybridized carbons (Fsp3) is 0.333. The third-order valence-corrected chi connectivity index (χ3v) is 5.16. The number of benzene rings is 2. The highest BCUT2D eigenvalue weighted by atomic mass is 79.9. The van der Waals surface area contributed by atoms with E-state index in [2.05, 4.69) is 21.2 Å². The van der Waals surface area contributed by atoms with Crippen molar-refractivity contribution in [2.24, 2.45) is 0 Å². The van der Waals surface area contributed by atoms with Crippen LogP contribution in [0.3, 0.4) is 0 Å². The molecule has 0 saturated carbocycles. The zero-order valence-electron chi connectivity index (χ0n) is 15.3. The first-order chi connectivity index (χ1) is 13.1. The predicted octanol–water partition coefficient (Wildman–Crippen LogP) is 4.73. The molecular formula is C21H23BrN2O3. The SMILES string of the molecule is CCOc1ccc(C(=O)Nc2ccccc2C(=O)N2CCCCC2)cc1Br. The number of rotatable bonds is 5. The number of piperidine rings is 1. The maximum Gasteiger partial charge on any atom is 0.255 e. The number of ether oxygens (including phenoxy) is 1. The average Bonchev–Trinajstić information content (AvgIpc) is 2.70. The van der Waals surface area contributed by atoms with Crippen LogP contribution in [0.1, 0.15) is 46.9 Å². The minimum atomic E-state index is -0.266. The normalized spacial score (nSPS) is 13.9. The number of anilines is 1. The molecule has 0 atom stereocenters. The van der Waals surface area contributed by atoms with E-state index in [-0.39, 0.29) is 11.8 Å². The van der Waals surface area contributed by atoms with E-state index in [4.69, 9.17) is 4.74 Å². The molecule has 1 fully saturated rings. The molecule has 2 amide bonds. The first-order valence-electron chi connectivity index (χ1n) is 9.22. The molecule has 1 aliphatic heterocycles. The highest BCUT2D eigenvalue weighted by Crippen LogP contribution is 2.27. The van der Waals surface area contributed by atoms with Crippen LogP contribution in [0.4, 0.5) is 5.69 Å². The number of nitrogens with one attached hydrogen (secondary N) is 1. The van der Waals surface area contributed by atoms with Crippen LogP contribution < -0.4 is 10.1 Å². The number of para-hydroxylation sites is 1. The Bertz CT molecular complexity index is 832. The van der Waals surface area contributed by atoms with Crippen LogP contribution in [0.5, 0.6) is 5.75 Å². The number of nitrogens with zero attached hydrogens (tertiary/aromatic N) is 1. The molecule has 27 heavy (non-hydrogen) atoms. The van der Waals surface area contributed by atoms with E-state index >= 15 is 0 Å². The van der Waals surface area contributed by atoms with E-state index in [0.29, 0.717) is 29.2 Å². The van der Waals surface area contributed by atoms with Crippen molar-refractivity contribution in [2.45, 2.75) is 26.2 Å². The van der Waals surface area contributed by atoms with Crippen molar-refractivity contribution in [3.8, 4) is 5.75 Å². The van der Waals surface area contributed by atoms with Gasteiger partial charge in [0, 0.05) is 18.7 Å². The minimum Gasteiger partial charge on any atom is -0.493 e. The summed E-state index contributed by atoms with van der Waals surface area (Å²) in [5.41, 5.74) is 1.55. The Morgan fingerprint density at radius 2 is 1.85 bits per heavy atom. The molecule has 6 heteroatoms. The number of hydrogen-bond acceptors (Lipinski definition) is 3. The lowest BCUT2D eigenvalue weighted by molar-refractivity contribution is 0.0725. The van der Waals surface area contributed by atoms with Gasteiger partial charge < -0.3 is 15.0 Å². The molecule has 1 heterocycles. The smallest absolute Gasteiger partial charge is 0.255 e. The van der Waals surface area contributed by atoms with Crippen molar-refractivity contribution in [1.29, 1.82) is 0 Å². The summed E-state index contributed by atoms with van der Waals surface area (Å²) in [5.74, 6) is 0.394. The van der Waals surface area contributed by atoms with Gasteiger partial charge in [0.2, 0.25) is 0 Å². The molecule has 0 spiro atoms. The van der Waals surface area contributed by atoms with Crippen LogP contribution >= 0.6 is 15.9 Å². The summed E-state index contributed by atoms with van der Waals surface area (Å²) in [5, 5.41) is 2.88. The van der Waals surface area contributed by atoms with Gasteiger partial charge in [-0.15, -0.1) is 0 Å². The van der Waals surface area contributed by atoms with E-state index in [1.54, 1.807) is 30.3 Å². The van der Waals surface area contributed by atoms with E-state index in [9.17, 15) is 9.59 Å². The third kappa shape index (κ3) is 4.69. The highest BCUT2D eigenvalue weighted by Gasteiger charge is 2.21. The summed E-state index contributed by atoms with van der Waals surface area (Å²) in [6.45, 7) is 4.00. The fourth-order valence-corrected chi connectivity index (χ4v) is 3.65. The lowest BCUT2D eigenvalue weighted by Gasteiger charge is -2.27. The van der Waals surface area contributed by atoms with Crippen LogP contribution in [0.25, 0.3) is 0 Å². The summed E-state index contributed by atoms with van der Waals surface area (Å²) in [7, 11) is 0. The van der Waals surface area contributed by atoms with E-state index in [1.807, 2.05) is 24.0 Å². The Balaban J connectivity index is 1.78. The van der Waals surface area contributed by atoms with E-state index < -0.39 is 0 Å². The molecule has 0 aliphatic carbocycles. The number of hydrogen-bond donors (Lipinski definition) is 1. The summed E-state index contributed by atoms with van der Waals surface area (Å²) >= 11 is 3.43. The van der Waals surface area contributed by atoms with Crippen LogP contribution in [0.2, 0.25) is 0 Å². The largest absolute Gasteiger partial charge is 0.493 e. The molecule has 142 valence electrons. The lowest BCUT2D eigenvalue weighted by atomic mass is 10.1. The Morgan fingerprint density at radius 1 is 1.11 bits per heavy atom. The van der Waals surface area contributed by atoms with Gasteiger partial charge in [-0.3, -0.25) is 9.59 Å². The van der Waals surface area contributed by atoms with Crippen LogP contribution in [-0.4, -0.2) is 36.4 Å². The molecule has 1 aliphatic rings. The number of likely N-dealkylation sites (tertiary alicyclic amines) is 1. The molecule has 2 aromatic carbocycles. The van der Waals surface area contributed by atoms with Gasteiger partial charge in [0.05, 0.1) is 22.3 Å². The predicted molar refractivity (Wildman–Crippen MR) is 109 cm³/mol. The first-order valence-corrected chi connectivity index (χ1v) is 10.0. The zero-order valence-corrected chi connectivity index (χ0v) is 16.9. The van der Waals surface area contributed by atoms with Gasteiger partial charge in [-0.1, -0.05) is 12.1 Å². The van der Waals surface area contributed by atoms with E-state index in [1.165, 1.54) is 0 Å². The van der Waals surface area contributed by atoms with Crippen LogP contribution in [-0.2, 0) is 0 Å². The summed E-state index contributed by atoms with van der Waals surface area (Å²) in [4.78, 5) is 27.4. The molecule has 5 nitrogen and oxygen atoms in total. The number of carbonyl (C=O) groups is 2. The lowest BCUT2D eigenvalue weighted by Crippen LogP contribution is -2.36. The Hall–Kier alpha value is -2.34. The van der Waals surface area contributed by atoms with Gasteiger partial charge in [0.15, 0.2) is 0 Å². The minimum absolute atomic E-state index is 0.0292. The molecule has 0 aromatic heterocycles.